The van der Waals surface area contributed by atoms with Gasteiger partial charge < -0.3 is 10.1 Å². The van der Waals surface area contributed by atoms with Gasteiger partial charge in [0.2, 0.25) is 5.95 Å². The average Bonchev–Trinajstić information content (AvgIpc) is 3.11. The van der Waals surface area contributed by atoms with E-state index >= 15 is 0 Å². The molecule has 0 fully saturated rings. The number of nitrogens with zero attached hydrogens (tertiary/aromatic N) is 3. The first-order valence-corrected chi connectivity index (χ1v) is 8.29. The van der Waals surface area contributed by atoms with Crippen molar-refractivity contribution in [2.45, 2.75) is 25.4 Å². The van der Waals surface area contributed by atoms with Crippen LogP contribution in [0.1, 0.15) is 36.6 Å². The Kier molecular flexibility index (Phi) is 3.91. The molecule has 1 N–H and O–H groups in total. The Bertz CT molecular complexity index is 815. The molecule has 5 nitrogen and oxygen atoms in total. The van der Waals surface area contributed by atoms with Crippen molar-refractivity contribution in [1.82, 2.24) is 14.8 Å². The van der Waals surface area contributed by atoms with E-state index in [0.29, 0.717) is 6.61 Å². The summed E-state index contributed by atoms with van der Waals surface area (Å²) in [6.45, 7) is 2.65. The lowest BCUT2D eigenvalue weighted by Gasteiger charge is -2.32. The van der Waals surface area contributed by atoms with Crippen molar-refractivity contribution in [2.75, 3.05) is 11.9 Å². The molecule has 0 bridgehead atoms. The first-order valence-electron chi connectivity index (χ1n) is 8.29. The van der Waals surface area contributed by atoms with Gasteiger partial charge in [-0.2, -0.15) is 10.1 Å². The highest BCUT2D eigenvalue weighted by Gasteiger charge is 2.31. The molecule has 1 aliphatic heterocycles. The molecule has 5 heteroatoms. The number of ether oxygens (including phenoxy) is 1. The molecule has 2 heterocycles. The fraction of sp³-hybridized carbons (Fsp3) is 0.263. The molecule has 0 aliphatic carbocycles. The fourth-order valence-electron chi connectivity index (χ4n) is 3.33. The minimum atomic E-state index is 0.0942. The second-order valence-corrected chi connectivity index (χ2v) is 5.86. The number of fused-ring (bicyclic) bond motifs is 1. The van der Waals surface area contributed by atoms with Crippen molar-refractivity contribution in [3.63, 3.8) is 0 Å². The SMILES string of the molecule is CCOc1ccccc1[C@H]1C[C@@H](c2ccccc2)Nc2ncnn21. The van der Waals surface area contributed by atoms with Gasteiger partial charge in [-0.15, -0.1) is 0 Å². The smallest absolute Gasteiger partial charge is 0.222 e. The molecular weight excluding hydrogens is 300 g/mol. The van der Waals surface area contributed by atoms with Gasteiger partial charge in [-0.25, -0.2) is 4.68 Å². The number of hydrogen-bond donors (Lipinski definition) is 1. The van der Waals surface area contributed by atoms with Crippen LogP contribution in [0.15, 0.2) is 60.9 Å². The first kappa shape index (κ1) is 14.8. The van der Waals surface area contributed by atoms with Crippen LogP contribution in [0.25, 0.3) is 0 Å². The Morgan fingerprint density at radius 3 is 2.75 bits per heavy atom. The van der Waals surface area contributed by atoms with E-state index in [-0.39, 0.29) is 12.1 Å². The van der Waals surface area contributed by atoms with Gasteiger partial charge in [-0.05, 0) is 25.0 Å². The van der Waals surface area contributed by atoms with E-state index in [2.05, 4.69) is 45.7 Å². The molecule has 0 spiro atoms. The molecule has 0 saturated heterocycles. The third kappa shape index (κ3) is 2.62. The van der Waals surface area contributed by atoms with E-state index in [1.807, 2.05) is 35.9 Å². The van der Waals surface area contributed by atoms with Crippen molar-refractivity contribution in [3.8, 4) is 5.75 Å². The number of anilines is 1. The number of benzene rings is 2. The second-order valence-electron chi connectivity index (χ2n) is 5.86. The van der Waals surface area contributed by atoms with E-state index in [4.69, 9.17) is 4.74 Å². The lowest BCUT2D eigenvalue weighted by molar-refractivity contribution is 0.325. The number of aromatic nitrogens is 3. The molecule has 0 amide bonds. The van der Waals surface area contributed by atoms with Crippen molar-refractivity contribution in [1.29, 1.82) is 0 Å². The van der Waals surface area contributed by atoms with Crippen LogP contribution in [0, 0.1) is 0 Å². The maximum Gasteiger partial charge on any atom is 0.222 e. The van der Waals surface area contributed by atoms with E-state index in [0.717, 1.165) is 23.7 Å². The Balaban J connectivity index is 1.75. The molecule has 24 heavy (non-hydrogen) atoms. The first-order chi connectivity index (χ1) is 11.9. The summed E-state index contributed by atoms with van der Waals surface area (Å²) in [7, 11) is 0. The summed E-state index contributed by atoms with van der Waals surface area (Å²) in [5.74, 6) is 1.71. The maximum absolute atomic E-state index is 5.84. The summed E-state index contributed by atoms with van der Waals surface area (Å²) in [5, 5.41) is 7.92. The van der Waals surface area contributed by atoms with Gasteiger partial charge >= 0.3 is 0 Å². The van der Waals surface area contributed by atoms with Crippen LogP contribution in [-0.2, 0) is 0 Å². The van der Waals surface area contributed by atoms with Gasteiger partial charge in [0.15, 0.2) is 0 Å². The summed E-state index contributed by atoms with van der Waals surface area (Å²) in [6, 6.07) is 19.0. The minimum absolute atomic E-state index is 0.0942. The van der Waals surface area contributed by atoms with Crippen molar-refractivity contribution >= 4 is 5.95 Å². The molecule has 1 aromatic heterocycles. The zero-order chi connectivity index (χ0) is 16.4. The number of hydrogen-bond acceptors (Lipinski definition) is 4. The molecule has 0 unspecified atom stereocenters. The van der Waals surface area contributed by atoms with Crippen molar-refractivity contribution in [3.05, 3.63) is 72.1 Å². The molecular formula is C19H20N4O. The zero-order valence-corrected chi connectivity index (χ0v) is 13.6. The van der Waals surface area contributed by atoms with E-state index < -0.39 is 0 Å². The topological polar surface area (TPSA) is 52.0 Å². The highest BCUT2D eigenvalue weighted by molar-refractivity contribution is 5.42. The van der Waals surface area contributed by atoms with Gasteiger partial charge in [0.25, 0.3) is 0 Å². The van der Waals surface area contributed by atoms with Crippen LogP contribution in [0.5, 0.6) is 5.75 Å². The van der Waals surface area contributed by atoms with Crippen LogP contribution >= 0.6 is 0 Å². The molecule has 2 aromatic carbocycles. The van der Waals surface area contributed by atoms with Gasteiger partial charge in [-0.1, -0.05) is 48.5 Å². The molecule has 2 atom stereocenters. The lowest BCUT2D eigenvalue weighted by Crippen LogP contribution is -2.28. The maximum atomic E-state index is 5.84. The van der Waals surface area contributed by atoms with Gasteiger partial charge in [0, 0.05) is 5.56 Å². The Labute approximate surface area is 141 Å². The van der Waals surface area contributed by atoms with Gasteiger partial charge in [0.1, 0.15) is 12.1 Å². The molecule has 0 saturated carbocycles. The highest BCUT2D eigenvalue weighted by Crippen LogP contribution is 2.40. The van der Waals surface area contributed by atoms with Gasteiger partial charge in [0.05, 0.1) is 18.7 Å². The minimum Gasteiger partial charge on any atom is -0.494 e. The second kappa shape index (κ2) is 6.35. The summed E-state index contributed by atoms with van der Waals surface area (Å²) < 4.78 is 7.80. The normalized spacial score (nSPS) is 19.4. The largest absolute Gasteiger partial charge is 0.494 e. The summed E-state index contributed by atoms with van der Waals surface area (Å²) >= 11 is 0. The fourth-order valence-corrected chi connectivity index (χ4v) is 3.33. The Morgan fingerprint density at radius 2 is 1.92 bits per heavy atom. The molecule has 122 valence electrons. The van der Waals surface area contributed by atoms with Crippen molar-refractivity contribution in [2.24, 2.45) is 0 Å². The molecule has 3 aromatic rings. The monoisotopic (exact) mass is 320 g/mol. The summed E-state index contributed by atoms with van der Waals surface area (Å²) in [5.41, 5.74) is 2.40. The lowest BCUT2D eigenvalue weighted by atomic mass is 9.93. The average molecular weight is 320 g/mol. The van der Waals surface area contributed by atoms with Crippen LogP contribution in [-0.4, -0.2) is 21.4 Å². The number of nitrogens with one attached hydrogen (secondary N) is 1. The molecule has 4 rings (SSSR count). The van der Waals surface area contributed by atoms with E-state index in [1.165, 1.54) is 5.56 Å². The van der Waals surface area contributed by atoms with Crippen LogP contribution in [0.2, 0.25) is 0 Å². The van der Waals surface area contributed by atoms with Crippen LogP contribution in [0.3, 0.4) is 0 Å². The summed E-state index contributed by atoms with van der Waals surface area (Å²) in [4.78, 5) is 4.38. The third-order valence-electron chi connectivity index (χ3n) is 4.41. The summed E-state index contributed by atoms with van der Waals surface area (Å²) in [6.07, 6.45) is 2.50. The van der Waals surface area contributed by atoms with Crippen LogP contribution < -0.4 is 10.1 Å². The van der Waals surface area contributed by atoms with E-state index in [9.17, 15) is 0 Å². The quantitative estimate of drug-likeness (QED) is 0.794. The van der Waals surface area contributed by atoms with Gasteiger partial charge in [-0.3, -0.25) is 0 Å². The van der Waals surface area contributed by atoms with E-state index in [1.54, 1.807) is 6.33 Å². The predicted molar refractivity (Wildman–Crippen MR) is 93.2 cm³/mol. The Hall–Kier alpha value is -2.82. The zero-order valence-electron chi connectivity index (χ0n) is 13.6. The molecule has 0 radical (unpaired) electrons. The Morgan fingerprint density at radius 1 is 1.12 bits per heavy atom. The predicted octanol–water partition coefficient (Wildman–Crippen LogP) is 3.82. The molecule has 1 aliphatic rings. The highest BCUT2D eigenvalue weighted by atomic mass is 16.5. The van der Waals surface area contributed by atoms with Crippen LogP contribution in [0.4, 0.5) is 5.95 Å². The van der Waals surface area contributed by atoms with Crippen molar-refractivity contribution < 1.29 is 4.74 Å². The number of para-hydroxylation sites is 1. The third-order valence-corrected chi connectivity index (χ3v) is 4.41. The number of rotatable bonds is 4. The standard InChI is InChI=1S/C19H20N4O/c1-2-24-18-11-7-6-10-15(18)17-12-16(14-8-4-3-5-9-14)22-19-20-13-21-23(17)19/h3-11,13,16-17H,2,12H2,1H3,(H,20,21,22)/t16-,17+/m0/s1.